The SMILES string of the molecule is CCCCN(CCCC)S(=O)(=O)c1ccc(C(=O)NCCN2CCN(c3nc4c(OC)cccc4s3)CC2)cc1.Cl. The molecule has 0 saturated carbocycles. The largest absolute Gasteiger partial charge is 0.494 e. The van der Waals surface area contributed by atoms with E-state index in [-0.39, 0.29) is 23.2 Å². The van der Waals surface area contributed by atoms with Crippen molar-refractivity contribution in [3.63, 3.8) is 0 Å². The smallest absolute Gasteiger partial charge is 0.251 e. The van der Waals surface area contributed by atoms with Crippen LogP contribution in [0.1, 0.15) is 49.9 Å². The van der Waals surface area contributed by atoms with Crippen molar-refractivity contribution in [1.82, 2.24) is 19.5 Å². The molecule has 1 aromatic heterocycles. The molecule has 1 aliphatic rings. The van der Waals surface area contributed by atoms with Gasteiger partial charge in [-0.2, -0.15) is 4.31 Å². The molecule has 1 N–H and O–H groups in total. The summed E-state index contributed by atoms with van der Waals surface area (Å²) in [7, 11) is -1.91. The van der Waals surface area contributed by atoms with Crippen LogP contribution in [0.4, 0.5) is 5.13 Å². The highest BCUT2D eigenvalue weighted by molar-refractivity contribution is 7.89. The number of rotatable bonds is 14. The third kappa shape index (κ3) is 8.32. The Labute approximate surface area is 254 Å². The molecule has 226 valence electrons. The molecule has 9 nitrogen and oxygen atoms in total. The highest BCUT2D eigenvalue weighted by atomic mass is 35.5. The molecule has 4 rings (SSSR count). The first-order valence-corrected chi connectivity index (χ1v) is 16.4. The van der Waals surface area contributed by atoms with Crippen molar-refractivity contribution in [2.75, 3.05) is 64.4 Å². The summed E-state index contributed by atoms with van der Waals surface area (Å²) < 4.78 is 34.5. The van der Waals surface area contributed by atoms with Crippen LogP contribution in [0, 0.1) is 0 Å². The average Bonchev–Trinajstić information content (AvgIpc) is 3.42. The third-order valence-electron chi connectivity index (χ3n) is 7.22. The second-order valence-electron chi connectivity index (χ2n) is 10.0. The zero-order chi connectivity index (χ0) is 28.5. The monoisotopic (exact) mass is 623 g/mol. The first-order chi connectivity index (χ1) is 19.4. The summed E-state index contributed by atoms with van der Waals surface area (Å²) in [6, 6.07) is 12.3. The van der Waals surface area contributed by atoms with Crippen molar-refractivity contribution in [3.8, 4) is 5.75 Å². The van der Waals surface area contributed by atoms with Gasteiger partial charge in [-0.3, -0.25) is 9.69 Å². The molecular formula is C29H42ClN5O4S2. The van der Waals surface area contributed by atoms with E-state index in [1.165, 1.54) is 0 Å². The van der Waals surface area contributed by atoms with E-state index >= 15 is 0 Å². The summed E-state index contributed by atoms with van der Waals surface area (Å²) >= 11 is 1.68. The number of nitrogens with zero attached hydrogens (tertiary/aromatic N) is 4. The van der Waals surface area contributed by atoms with Gasteiger partial charge in [-0.25, -0.2) is 13.4 Å². The van der Waals surface area contributed by atoms with Crippen LogP contribution in [0.3, 0.4) is 0 Å². The van der Waals surface area contributed by atoms with Crippen molar-refractivity contribution in [2.45, 2.75) is 44.4 Å². The Balaban J connectivity index is 0.00000462. The molecule has 0 unspecified atom stereocenters. The molecule has 0 bridgehead atoms. The van der Waals surface area contributed by atoms with Gasteiger partial charge in [-0.1, -0.05) is 44.1 Å². The minimum Gasteiger partial charge on any atom is -0.494 e. The number of aromatic nitrogens is 1. The lowest BCUT2D eigenvalue weighted by molar-refractivity contribution is 0.0947. The van der Waals surface area contributed by atoms with Gasteiger partial charge in [-0.15, -0.1) is 12.4 Å². The number of para-hydroxylation sites is 1. The molecule has 12 heteroatoms. The zero-order valence-corrected chi connectivity index (χ0v) is 26.6. The molecule has 0 aliphatic carbocycles. The Morgan fingerprint density at radius 2 is 1.68 bits per heavy atom. The number of anilines is 1. The van der Waals surface area contributed by atoms with Crippen molar-refractivity contribution < 1.29 is 17.9 Å². The van der Waals surface area contributed by atoms with Crippen LogP contribution >= 0.6 is 23.7 Å². The van der Waals surface area contributed by atoms with E-state index in [0.717, 1.165) is 79.5 Å². The van der Waals surface area contributed by atoms with Crippen molar-refractivity contribution >= 4 is 55.0 Å². The molecule has 2 heterocycles. The number of piperazine rings is 1. The van der Waals surface area contributed by atoms with E-state index in [0.29, 0.717) is 25.2 Å². The number of hydrogen-bond donors (Lipinski definition) is 1. The van der Waals surface area contributed by atoms with Crippen molar-refractivity contribution in [3.05, 3.63) is 48.0 Å². The van der Waals surface area contributed by atoms with Crippen LogP contribution in [0.25, 0.3) is 10.2 Å². The first-order valence-electron chi connectivity index (χ1n) is 14.2. The van der Waals surface area contributed by atoms with E-state index in [9.17, 15) is 13.2 Å². The van der Waals surface area contributed by atoms with E-state index in [4.69, 9.17) is 9.72 Å². The molecule has 2 aromatic carbocycles. The quantitative estimate of drug-likeness (QED) is 0.274. The number of carbonyl (C=O) groups excluding carboxylic acids is 1. The highest BCUT2D eigenvalue weighted by Gasteiger charge is 2.24. The molecule has 0 atom stereocenters. The predicted molar refractivity (Wildman–Crippen MR) is 169 cm³/mol. The number of benzene rings is 2. The molecule has 0 radical (unpaired) electrons. The Morgan fingerprint density at radius 3 is 2.29 bits per heavy atom. The molecule has 1 aliphatic heterocycles. The maximum absolute atomic E-state index is 13.2. The van der Waals surface area contributed by atoms with E-state index in [1.807, 2.05) is 12.1 Å². The van der Waals surface area contributed by atoms with E-state index < -0.39 is 10.0 Å². The highest BCUT2D eigenvalue weighted by Crippen LogP contribution is 2.34. The van der Waals surface area contributed by atoms with Crippen LogP contribution in [0.5, 0.6) is 5.75 Å². The number of thiazole rings is 1. The summed E-state index contributed by atoms with van der Waals surface area (Å²) in [5, 5.41) is 3.99. The number of unbranched alkanes of at least 4 members (excludes halogenated alkanes) is 2. The molecule has 41 heavy (non-hydrogen) atoms. The molecule has 1 fully saturated rings. The standard InChI is InChI=1S/C29H41N5O4S2.ClH/c1-4-6-16-34(17-7-5-2)40(36,37)24-13-11-23(12-14-24)28(35)30-15-18-32-19-21-33(22-20-32)29-31-27-25(38-3)9-8-10-26(27)39-29;/h8-14H,4-7,15-22H2,1-3H3,(H,30,35);1H. The molecule has 3 aromatic rings. The summed E-state index contributed by atoms with van der Waals surface area (Å²) in [6.07, 6.45) is 3.53. The zero-order valence-electron chi connectivity index (χ0n) is 24.2. The van der Waals surface area contributed by atoms with Crippen LogP contribution in [0.15, 0.2) is 47.4 Å². The van der Waals surface area contributed by atoms with Gasteiger partial charge in [0.05, 0.1) is 16.7 Å². The number of amides is 1. The van der Waals surface area contributed by atoms with Crippen molar-refractivity contribution in [1.29, 1.82) is 0 Å². The number of nitrogens with one attached hydrogen (secondary N) is 1. The van der Waals surface area contributed by atoms with E-state index in [2.05, 4.69) is 35.0 Å². The minimum atomic E-state index is -3.57. The molecule has 0 spiro atoms. The topological polar surface area (TPSA) is 95.1 Å². The van der Waals surface area contributed by atoms with Gasteiger partial charge in [0.1, 0.15) is 11.3 Å². The summed E-state index contributed by atoms with van der Waals surface area (Å²) in [4.78, 5) is 22.4. The van der Waals surface area contributed by atoms with Gasteiger partial charge < -0.3 is 15.0 Å². The lowest BCUT2D eigenvalue weighted by atomic mass is 10.2. The summed E-state index contributed by atoms with van der Waals surface area (Å²) in [6.45, 7) is 9.96. The summed E-state index contributed by atoms with van der Waals surface area (Å²) in [5.74, 6) is 0.603. The van der Waals surface area contributed by atoms with E-state index in [1.54, 1.807) is 47.0 Å². The van der Waals surface area contributed by atoms with Gasteiger partial charge in [0.2, 0.25) is 10.0 Å². The lowest BCUT2D eigenvalue weighted by Gasteiger charge is -2.34. The summed E-state index contributed by atoms with van der Waals surface area (Å²) in [5.41, 5.74) is 1.37. The number of carbonyl (C=O) groups is 1. The third-order valence-corrected chi connectivity index (χ3v) is 10.2. The Morgan fingerprint density at radius 1 is 1.02 bits per heavy atom. The van der Waals surface area contributed by atoms with Crippen LogP contribution in [-0.2, 0) is 10.0 Å². The van der Waals surface area contributed by atoms with Gasteiger partial charge in [0, 0.05) is 57.9 Å². The predicted octanol–water partition coefficient (Wildman–Crippen LogP) is 4.87. The second kappa shape index (κ2) is 15.7. The van der Waals surface area contributed by atoms with Gasteiger partial charge >= 0.3 is 0 Å². The fraction of sp³-hybridized carbons (Fsp3) is 0.517. The van der Waals surface area contributed by atoms with Crippen LogP contribution < -0.4 is 15.0 Å². The molecule has 1 saturated heterocycles. The normalized spacial score (nSPS) is 14.3. The molecule has 1 amide bonds. The number of halogens is 1. The van der Waals surface area contributed by atoms with Gasteiger partial charge in [0.15, 0.2) is 5.13 Å². The fourth-order valence-electron chi connectivity index (χ4n) is 4.75. The Bertz CT molecular complexity index is 1350. The fourth-order valence-corrected chi connectivity index (χ4v) is 7.30. The maximum atomic E-state index is 13.2. The maximum Gasteiger partial charge on any atom is 0.251 e. The van der Waals surface area contributed by atoms with Gasteiger partial charge in [-0.05, 0) is 49.2 Å². The van der Waals surface area contributed by atoms with Crippen molar-refractivity contribution in [2.24, 2.45) is 0 Å². The minimum absolute atomic E-state index is 0. The Hall–Kier alpha value is -2.44. The van der Waals surface area contributed by atoms with Crippen LogP contribution in [0.2, 0.25) is 0 Å². The number of methoxy groups -OCH3 is 1. The number of hydrogen-bond acceptors (Lipinski definition) is 8. The number of fused-ring (bicyclic) bond motifs is 1. The van der Waals surface area contributed by atoms with Crippen LogP contribution in [-0.4, -0.2) is 88.0 Å². The molecular weight excluding hydrogens is 582 g/mol. The second-order valence-corrected chi connectivity index (χ2v) is 13.0. The van der Waals surface area contributed by atoms with Gasteiger partial charge in [0.25, 0.3) is 5.91 Å². The lowest BCUT2D eigenvalue weighted by Crippen LogP contribution is -2.48. The first kappa shape index (κ1) is 33.1. The Kier molecular flexibility index (Phi) is 12.7. The number of ether oxygens (including phenoxy) is 1. The number of sulfonamides is 1. The average molecular weight is 624 g/mol.